The first-order chi connectivity index (χ1) is 12.3. The Kier molecular flexibility index (Phi) is 4.84. The number of ether oxygens (including phenoxy) is 3. The Bertz CT molecular complexity index is 821. The van der Waals surface area contributed by atoms with Gasteiger partial charge in [0.05, 0.1) is 5.56 Å². The van der Waals surface area contributed by atoms with Crippen LogP contribution >= 0.6 is 0 Å². The first kappa shape index (κ1) is 17.8. The molecule has 0 saturated heterocycles. The minimum atomic E-state index is -0.453. The van der Waals surface area contributed by atoms with Gasteiger partial charge in [-0.2, -0.15) is 0 Å². The van der Waals surface area contributed by atoms with Gasteiger partial charge in [-0.25, -0.2) is 4.79 Å². The highest BCUT2D eigenvalue weighted by Gasteiger charge is 2.17. The number of carbonyl (C=O) groups is 2. The molecule has 3 rings (SSSR count). The molecule has 136 valence electrons. The van der Waals surface area contributed by atoms with E-state index in [2.05, 4.69) is 5.32 Å². The van der Waals surface area contributed by atoms with Gasteiger partial charge in [-0.15, -0.1) is 0 Å². The molecule has 0 bridgehead atoms. The van der Waals surface area contributed by atoms with Gasteiger partial charge >= 0.3 is 5.97 Å². The second-order valence-corrected chi connectivity index (χ2v) is 7.05. The summed E-state index contributed by atoms with van der Waals surface area (Å²) in [4.78, 5) is 24.3. The van der Waals surface area contributed by atoms with E-state index in [0.717, 1.165) is 5.56 Å². The smallest absolute Gasteiger partial charge is 0.338 e. The van der Waals surface area contributed by atoms with Gasteiger partial charge in [-0.3, -0.25) is 4.79 Å². The van der Waals surface area contributed by atoms with Crippen molar-refractivity contribution >= 4 is 11.9 Å². The van der Waals surface area contributed by atoms with Crippen molar-refractivity contribution in [3.8, 4) is 11.5 Å². The van der Waals surface area contributed by atoms with Crippen molar-refractivity contribution < 1.29 is 23.8 Å². The van der Waals surface area contributed by atoms with Crippen LogP contribution in [-0.2, 0) is 11.3 Å². The molecule has 0 aliphatic carbocycles. The van der Waals surface area contributed by atoms with Crippen LogP contribution in [0.5, 0.6) is 11.5 Å². The summed E-state index contributed by atoms with van der Waals surface area (Å²) in [6.07, 6.45) is 0. The minimum absolute atomic E-state index is 0.127. The lowest BCUT2D eigenvalue weighted by Gasteiger charge is -2.20. The molecule has 0 atom stereocenters. The third kappa shape index (κ3) is 4.33. The van der Waals surface area contributed by atoms with Crippen molar-refractivity contribution in [3.63, 3.8) is 0 Å². The molecule has 1 amide bonds. The van der Waals surface area contributed by atoms with Crippen LogP contribution in [0.2, 0.25) is 0 Å². The second-order valence-electron chi connectivity index (χ2n) is 7.05. The average molecular weight is 355 g/mol. The first-order valence-electron chi connectivity index (χ1n) is 8.30. The van der Waals surface area contributed by atoms with Gasteiger partial charge in [0, 0.05) is 11.1 Å². The van der Waals surface area contributed by atoms with E-state index in [-0.39, 0.29) is 24.8 Å². The van der Waals surface area contributed by atoms with Crippen molar-refractivity contribution in [1.82, 2.24) is 5.32 Å². The van der Waals surface area contributed by atoms with Gasteiger partial charge in [-0.1, -0.05) is 6.07 Å². The Hall–Kier alpha value is -3.02. The molecule has 2 aromatic rings. The lowest BCUT2D eigenvalue weighted by atomic mass is 10.1. The maximum absolute atomic E-state index is 12.2. The minimum Gasteiger partial charge on any atom is -0.457 e. The van der Waals surface area contributed by atoms with Crippen LogP contribution < -0.4 is 14.8 Å². The Morgan fingerprint density at radius 2 is 1.65 bits per heavy atom. The van der Waals surface area contributed by atoms with Crippen molar-refractivity contribution in [2.24, 2.45) is 0 Å². The molecule has 1 aliphatic rings. The quantitative estimate of drug-likeness (QED) is 0.852. The number of hydrogen-bond acceptors (Lipinski definition) is 5. The molecule has 0 unspecified atom stereocenters. The van der Waals surface area contributed by atoms with Crippen molar-refractivity contribution in [2.45, 2.75) is 32.9 Å². The normalized spacial score (nSPS) is 12.6. The van der Waals surface area contributed by atoms with Gasteiger partial charge in [0.2, 0.25) is 6.79 Å². The van der Waals surface area contributed by atoms with Gasteiger partial charge in [0.15, 0.2) is 11.5 Å². The third-order valence-electron chi connectivity index (χ3n) is 3.68. The molecule has 0 aromatic heterocycles. The summed E-state index contributed by atoms with van der Waals surface area (Å²) in [7, 11) is 0. The van der Waals surface area contributed by atoms with E-state index in [9.17, 15) is 9.59 Å². The molecule has 26 heavy (non-hydrogen) atoms. The van der Waals surface area contributed by atoms with Gasteiger partial charge in [0.25, 0.3) is 5.91 Å². The summed E-state index contributed by atoms with van der Waals surface area (Å²) in [6.45, 7) is 6.06. The van der Waals surface area contributed by atoms with Crippen molar-refractivity contribution in [2.75, 3.05) is 6.79 Å². The maximum atomic E-state index is 12.2. The molecule has 1 aliphatic heterocycles. The number of carbonyl (C=O) groups excluding carboxylic acids is 2. The van der Waals surface area contributed by atoms with E-state index < -0.39 is 5.97 Å². The van der Waals surface area contributed by atoms with E-state index in [1.165, 1.54) is 0 Å². The lowest BCUT2D eigenvalue weighted by Crippen LogP contribution is -2.40. The van der Waals surface area contributed by atoms with Crippen molar-refractivity contribution in [3.05, 3.63) is 59.2 Å². The second kappa shape index (κ2) is 7.07. The van der Waals surface area contributed by atoms with Gasteiger partial charge in [-0.05, 0) is 62.7 Å². The Morgan fingerprint density at radius 3 is 2.35 bits per heavy atom. The van der Waals surface area contributed by atoms with Crippen LogP contribution in [0.4, 0.5) is 0 Å². The Labute approximate surface area is 152 Å². The van der Waals surface area contributed by atoms with Crippen LogP contribution in [0.3, 0.4) is 0 Å². The van der Waals surface area contributed by atoms with Crippen LogP contribution in [0.25, 0.3) is 0 Å². The number of esters is 1. The molecule has 0 saturated carbocycles. The molecule has 0 fully saturated rings. The van der Waals surface area contributed by atoms with Crippen LogP contribution in [-0.4, -0.2) is 24.2 Å². The topological polar surface area (TPSA) is 73.9 Å². The highest BCUT2D eigenvalue weighted by Crippen LogP contribution is 2.32. The van der Waals surface area contributed by atoms with Crippen LogP contribution in [0, 0.1) is 0 Å². The predicted molar refractivity (Wildman–Crippen MR) is 95.3 cm³/mol. The number of rotatable bonds is 4. The molecule has 0 spiro atoms. The Morgan fingerprint density at radius 1 is 1.00 bits per heavy atom. The van der Waals surface area contributed by atoms with Crippen molar-refractivity contribution in [1.29, 1.82) is 0 Å². The highest BCUT2D eigenvalue weighted by molar-refractivity contribution is 5.96. The van der Waals surface area contributed by atoms with E-state index in [1.807, 2.05) is 26.8 Å². The monoisotopic (exact) mass is 355 g/mol. The van der Waals surface area contributed by atoms with E-state index in [0.29, 0.717) is 22.6 Å². The first-order valence-corrected chi connectivity index (χ1v) is 8.30. The van der Waals surface area contributed by atoms with Gasteiger partial charge in [0.1, 0.15) is 6.61 Å². The fourth-order valence-electron chi connectivity index (χ4n) is 2.43. The number of fused-ring (bicyclic) bond motifs is 1. The summed E-state index contributed by atoms with van der Waals surface area (Å²) in [5.41, 5.74) is 1.37. The average Bonchev–Trinajstić information content (AvgIpc) is 3.06. The summed E-state index contributed by atoms with van der Waals surface area (Å²) in [5, 5.41) is 2.87. The van der Waals surface area contributed by atoms with Crippen LogP contribution in [0.1, 0.15) is 47.1 Å². The van der Waals surface area contributed by atoms with Crippen LogP contribution in [0.15, 0.2) is 42.5 Å². The fourth-order valence-corrected chi connectivity index (χ4v) is 2.43. The standard InChI is InChI=1S/C20H21NO5/c1-20(2,3)21-18(22)14-5-7-15(8-6-14)19(23)24-11-13-4-9-16-17(10-13)26-12-25-16/h4-10H,11-12H2,1-3H3,(H,21,22). The summed E-state index contributed by atoms with van der Waals surface area (Å²) in [6, 6.07) is 11.8. The van der Waals surface area contributed by atoms with E-state index in [1.54, 1.807) is 36.4 Å². The molecular formula is C20H21NO5. The SMILES string of the molecule is CC(C)(C)NC(=O)c1ccc(C(=O)OCc2ccc3c(c2)OCO3)cc1. The fraction of sp³-hybridized carbons (Fsp3) is 0.300. The number of hydrogen-bond donors (Lipinski definition) is 1. The third-order valence-corrected chi connectivity index (χ3v) is 3.68. The molecule has 1 N–H and O–H groups in total. The van der Waals surface area contributed by atoms with E-state index >= 15 is 0 Å². The molecule has 6 nitrogen and oxygen atoms in total. The summed E-state index contributed by atoms with van der Waals surface area (Å²) in [5.74, 6) is 0.695. The zero-order valence-corrected chi connectivity index (χ0v) is 15.0. The zero-order valence-electron chi connectivity index (χ0n) is 15.0. The predicted octanol–water partition coefficient (Wildman–Crippen LogP) is 3.30. The molecule has 6 heteroatoms. The largest absolute Gasteiger partial charge is 0.457 e. The molecule has 1 heterocycles. The molecule has 2 aromatic carbocycles. The molecule has 0 radical (unpaired) electrons. The van der Waals surface area contributed by atoms with E-state index in [4.69, 9.17) is 14.2 Å². The summed E-state index contributed by atoms with van der Waals surface area (Å²) < 4.78 is 15.9. The maximum Gasteiger partial charge on any atom is 0.338 e. The lowest BCUT2D eigenvalue weighted by molar-refractivity contribution is 0.0472. The number of nitrogens with one attached hydrogen (secondary N) is 1. The Balaban J connectivity index is 1.59. The van der Waals surface area contributed by atoms with Gasteiger partial charge < -0.3 is 19.5 Å². The number of amides is 1. The molecular weight excluding hydrogens is 334 g/mol. The summed E-state index contributed by atoms with van der Waals surface area (Å²) >= 11 is 0. The highest BCUT2D eigenvalue weighted by atomic mass is 16.7. The number of benzene rings is 2. The zero-order chi connectivity index (χ0) is 18.7.